The van der Waals surface area contributed by atoms with Crippen molar-refractivity contribution in [3.63, 3.8) is 0 Å². The van der Waals surface area contributed by atoms with E-state index >= 15 is 0 Å². The number of carbonyl (C=O) groups is 1. The highest BCUT2D eigenvalue weighted by molar-refractivity contribution is 7.84. The van der Waals surface area contributed by atoms with Gasteiger partial charge in [0.25, 0.3) is 0 Å². The third kappa shape index (κ3) is 7.84. The molecule has 0 saturated carbocycles. The van der Waals surface area contributed by atoms with E-state index in [1.807, 2.05) is 13.0 Å². The normalized spacial score (nSPS) is 19.9. The number of amides is 1. The van der Waals surface area contributed by atoms with Gasteiger partial charge in [-0.25, -0.2) is 0 Å². The van der Waals surface area contributed by atoms with Crippen molar-refractivity contribution in [2.45, 2.75) is 103 Å². The number of benzene rings is 1. The Labute approximate surface area is 227 Å². The molecular formula is C29H44N2O5S. The minimum Gasteiger partial charge on any atom is -0.490 e. The molecule has 1 aromatic carbocycles. The number of aryl methyl sites for hydroxylation is 1. The maximum atomic E-state index is 12.3. The molecule has 0 aliphatic carbocycles. The molecule has 1 aliphatic rings. The van der Waals surface area contributed by atoms with E-state index in [9.17, 15) is 9.70 Å². The van der Waals surface area contributed by atoms with Crippen molar-refractivity contribution in [1.29, 1.82) is 0 Å². The Hall–Kier alpha value is -2.32. The fourth-order valence-corrected chi connectivity index (χ4v) is 5.19. The Bertz CT molecular complexity index is 987. The molecule has 1 N–H and O–H groups in total. The summed E-state index contributed by atoms with van der Waals surface area (Å²) in [5.41, 5.74) is 1.67. The van der Waals surface area contributed by atoms with E-state index in [1.165, 1.54) is 11.6 Å². The maximum Gasteiger partial charge on any atom is 0.244 e. The Morgan fingerprint density at radius 2 is 1.92 bits per heavy atom. The standard InChI is InChI=1S/C29H44N2O5S/c1-8-22-19-23(16-17-24(22)34-20-28(7)27(5,6)36-28)29(9-2,10-3)25(37)14-11-15-26(32)30-21(4)13-12-18-35-31-33/h11,14-17,19,21,37H,8-10,12-13,18,20H2,1-7H3,(H,30,32)/b15-11+,25-14-. The summed E-state index contributed by atoms with van der Waals surface area (Å²) in [6.07, 6.45) is 9.11. The predicted molar refractivity (Wildman–Crippen MR) is 152 cm³/mol. The minimum absolute atomic E-state index is 0.0365. The van der Waals surface area contributed by atoms with E-state index in [2.05, 4.69) is 75.2 Å². The highest BCUT2D eigenvalue weighted by Crippen LogP contribution is 2.47. The van der Waals surface area contributed by atoms with Crippen LogP contribution in [-0.2, 0) is 26.2 Å². The molecule has 1 aromatic rings. The average Bonchev–Trinajstić information content (AvgIpc) is 3.38. The summed E-state index contributed by atoms with van der Waals surface area (Å²) in [4.78, 5) is 27.6. The van der Waals surface area contributed by atoms with Gasteiger partial charge in [0, 0.05) is 17.5 Å². The number of ether oxygens (including phenoxy) is 2. The molecule has 1 saturated heterocycles. The van der Waals surface area contributed by atoms with Crippen molar-refractivity contribution in [2.24, 2.45) is 5.34 Å². The molecule has 7 nitrogen and oxygen atoms in total. The van der Waals surface area contributed by atoms with Gasteiger partial charge in [0.15, 0.2) is 5.34 Å². The van der Waals surface area contributed by atoms with Gasteiger partial charge < -0.3 is 19.6 Å². The number of rotatable bonds is 16. The van der Waals surface area contributed by atoms with Gasteiger partial charge in [-0.05, 0) is 81.9 Å². The lowest BCUT2D eigenvalue weighted by Gasteiger charge is -2.33. The summed E-state index contributed by atoms with van der Waals surface area (Å²) in [5.74, 6) is 0.716. The molecule has 2 rings (SSSR count). The van der Waals surface area contributed by atoms with E-state index in [4.69, 9.17) is 22.1 Å². The van der Waals surface area contributed by atoms with E-state index < -0.39 is 0 Å². The number of nitrogens with one attached hydrogen (secondary N) is 1. The van der Waals surface area contributed by atoms with Gasteiger partial charge in [0.2, 0.25) is 5.91 Å². The van der Waals surface area contributed by atoms with Gasteiger partial charge in [0.05, 0.1) is 5.60 Å². The van der Waals surface area contributed by atoms with E-state index in [-0.39, 0.29) is 35.2 Å². The third-order valence-electron chi connectivity index (χ3n) is 7.72. The Morgan fingerprint density at radius 1 is 1.24 bits per heavy atom. The SMILES string of the molecule is CCc1cc(C(CC)(CC)/C(S)=C/C=C/C(=O)NC(C)CCCON=O)ccc1OCC1(C)OC1(C)C. The Kier molecular flexibility index (Phi) is 11.2. The van der Waals surface area contributed by atoms with Crippen molar-refractivity contribution < 1.29 is 19.1 Å². The van der Waals surface area contributed by atoms with Crippen molar-refractivity contribution in [2.75, 3.05) is 13.2 Å². The molecule has 1 aliphatic heterocycles. The van der Waals surface area contributed by atoms with Crippen LogP contribution in [0.4, 0.5) is 0 Å². The van der Waals surface area contributed by atoms with Crippen LogP contribution in [0, 0.1) is 4.91 Å². The zero-order valence-corrected chi connectivity index (χ0v) is 24.3. The first kappa shape index (κ1) is 30.9. The smallest absolute Gasteiger partial charge is 0.244 e. The quantitative estimate of drug-likeness (QED) is 0.0476. The fourth-order valence-electron chi connectivity index (χ4n) is 4.66. The first-order valence-corrected chi connectivity index (χ1v) is 13.7. The first-order valence-electron chi connectivity index (χ1n) is 13.3. The van der Waals surface area contributed by atoms with E-state index in [0.717, 1.165) is 35.5 Å². The molecule has 2 atom stereocenters. The summed E-state index contributed by atoms with van der Waals surface area (Å²) in [5, 5.41) is 5.29. The van der Waals surface area contributed by atoms with Gasteiger partial charge in [0.1, 0.15) is 24.6 Å². The molecule has 2 unspecified atom stereocenters. The second-order valence-electron chi connectivity index (χ2n) is 10.5. The molecule has 0 spiro atoms. The molecule has 1 amide bonds. The van der Waals surface area contributed by atoms with Gasteiger partial charge in [-0.1, -0.05) is 45.1 Å². The summed E-state index contributed by atoms with van der Waals surface area (Å²) in [6, 6.07) is 6.39. The highest BCUT2D eigenvalue weighted by atomic mass is 32.1. The lowest BCUT2D eigenvalue weighted by molar-refractivity contribution is -0.117. The first-order chi connectivity index (χ1) is 17.5. The van der Waals surface area contributed by atoms with Crippen molar-refractivity contribution in [3.05, 3.63) is 57.4 Å². The van der Waals surface area contributed by atoms with Crippen LogP contribution in [0.25, 0.3) is 0 Å². The fraction of sp³-hybridized carbons (Fsp3) is 0.621. The van der Waals surface area contributed by atoms with Crippen LogP contribution in [0.5, 0.6) is 5.75 Å². The van der Waals surface area contributed by atoms with Crippen molar-refractivity contribution in [1.82, 2.24) is 5.32 Å². The zero-order valence-electron chi connectivity index (χ0n) is 23.4. The lowest BCUT2D eigenvalue weighted by atomic mass is 9.74. The second-order valence-corrected chi connectivity index (χ2v) is 10.9. The van der Waals surface area contributed by atoms with Crippen LogP contribution in [0.3, 0.4) is 0 Å². The molecule has 0 bridgehead atoms. The van der Waals surface area contributed by atoms with Crippen LogP contribution < -0.4 is 10.1 Å². The number of epoxide rings is 1. The number of allylic oxidation sites excluding steroid dienone is 3. The van der Waals surface area contributed by atoms with Gasteiger partial charge >= 0.3 is 0 Å². The summed E-state index contributed by atoms with van der Waals surface area (Å²) in [6.45, 7) is 15.4. The van der Waals surface area contributed by atoms with E-state index in [1.54, 1.807) is 6.08 Å². The summed E-state index contributed by atoms with van der Waals surface area (Å²) in [7, 11) is 0. The average molecular weight is 533 g/mol. The second kappa shape index (κ2) is 13.5. The molecule has 1 fully saturated rings. The number of hydrogen-bond donors (Lipinski definition) is 2. The van der Waals surface area contributed by atoms with Crippen LogP contribution in [0.2, 0.25) is 0 Å². The van der Waals surface area contributed by atoms with Crippen LogP contribution >= 0.6 is 12.6 Å². The number of carbonyl (C=O) groups excluding carboxylic acids is 1. The molecule has 0 radical (unpaired) electrons. The number of hydrogen-bond acceptors (Lipinski definition) is 7. The Morgan fingerprint density at radius 3 is 2.49 bits per heavy atom. The van der Waals surface area contributed by atoms with Gasteiger partial charge in [-0.3, -0.25) is 4.79 Å². The van der Waals surface area contributed by atoms with E-state index in [0.29, 0.717) is 19.4 Å². The van der Waals surface area contributed by atoms with Crippen LogP contribution in [0.15, 0.2) is 46.7 Å². The van der Waals surface area contributed by atoms with Gasteiger partial charge in [-0.2, -0.15) is 0 Å². The predicted octanol–water partition coefficient (Wildman–Crippen LogP) is 6.61. The molecule has 37 heavy (non-hydrogen) atoms. The summed E-state index contributed by atoms with van der Waals surface area (Å²) >= 11 is 4.90. The summed E-state index contributed by atoms with van der Waals surface area (Å²) < 4.78 is 12.0. The maximum absolute atomic E-state index is 12.3. The lowest BCUT2D eigenvalue weighted by Crippen LogP contribution is -2.31. The molecule has 0 aromatic heterocycles. The Balaban J connectivity index is 2.11. The van der Waals surface area contributed by atoms with Crippen LogP contribution in [0.1, 0.15) is 85.3 Å². The molecule has 1 heterocycles. The molecule has 8 heteroatoms. The minimum atomic E-state index is -0.264. The zero-order chi connectivity index (χ0) is 27.7. The third-order valence-corrected chi connectivity index (χ3v) is 8.30. The number of nitrogens with zero attached hydrogens (tertiary/aromatic N) is 1. The molecule has 206 valence electrons. The van der Waals surface area contributed by atoms with Crippen molar-refractivity contribution >= 4 is 18.5 Å². The monoisotopic (exact) mass is 532 g/mol. The highest BCUT2D eigenvalue weighted by Gasteiger charge is 2.60. The van der Waals surface area contributed by atoms with Crippen LogP contribution in [-0.4, -0.2) is 36.4 Å². The largest absolute Gasteiger partial charge is 0.490 e. The van der Waals surface area contributed by atoms with Crippen molar-refractivity contribution in [3.8, 4) is 5.75 Å². The molecular weight excluding hydrogens is 488 g/mol. The van der Waals surface area contributed by atoms with Gasteiger partial charge in [-0.15, -0.1) is 17.5 Å². The topological polar surface area (TPSA) is 89.5 Å². The number of thiol groups is 1.